The molecule has 0 saturated carbocycles. The molecule has 0 bridgehead atoms. The maximum Gasteiger partial charge on any atom is 0.330 e. The molecule has 0 aliphatic carbocycles. The lowest BCUT2D eigenvalue weighted by molar-refractivity contribution is -0.384. The monoisotopic (exact) mass is 331 g/mol. The van der Waals surface area contributed by atoms with Gasteiger partial charge in [0.1, 0.15) is 5.56 Å². The summed E-state index contributed by atoms with van der Waals surface area (Å²) in [5, 5.41) is 24.9. The maximum absolute atomic E-state index is 12.0. The molecular weight excluding hydrogens is 318 g/mol. The van der Waals surface area contributed by atoms with Crippen molar-refractivity contribution in [2.45, 2.75) is 12.5 Å². The van der Waals surface area contributed by atoms with E-state index in [1.807, 2.05) is 0 Å². The molecule has 1 aromatic heterocycles. The van der Waals surface area contributed by atoms with Crippen LogP contribution in [0.2, 0.25) is 0 Å². The van der Waals surface area contributed by atoms with Crippen LogP contribution in [-0.2, 0) is 7.05 Å². The van der Waals surface area contributed by atoms with E-state index < -0.39 is 22.1 Å². The Kier molecular flexibility index (Phi) is 3.64. The van der Waals surface area contributed by atoms with Crippen molar-refractivity contribution >= 4 is 11.4 Å². The number of hydrazone groups is 1. The molecule has 2 aromatic rings. The summed E-state index contributed by atoms with van der Waals surface area (Å²) in [6.07, 6.45) is 0.232. The summed E-state index contributed by atoms with van der Waals surface area (Å²) < 4.78 is 0.903. The van der Waals surface area contributed by atoms with Crippen LogP contribution in [0.1, 0.15) is 23.6 Å². The summed E-state index contributed by atoms with van der Waals surface area (Å²) in [5.74, 6) is -0.482. The number of aromatic amines is 1. The van der Waals surface area contributed by atoms with Gasteiger partial charge in [0, 0.05) is 25.6 Å². The molecule has 0 unspecified atom stereocenters. The number of H-pyrrole nitrogens is 1. The quantitative estimate of drug-likeness (QED) is 0.539. The molecule has 0 radical (unpaired) electrons. The summed E-state index contributed by atoms with van der Waals surface area (Å²) in [6.45, 7) is 0. The highest BCUT2D eigenvalue weighted by molar-refractivity contribution is 6.03. The third kappa shape index (κ3) is 2.53. The molecule has 0 spiro atoms. The van der Waals surface area contributed by atoms with Gasteiger partial charge in [-0.05, 0) is 5.56 Å². The fraction of sp³-hybridized carbons (Fsp3) is 0.214. The van der Waals surface area contributed by atoms with Gasteiger partial charge in [0.25, 0.3) is 11.2 Å². The standard InChI is InChI=1S/C14H13N5O5/c1-18-13(21)11(12(20)15-14(18)22)10-6-9(16-17-10)7-3-2-4-8(5-7)19(23)24/h2-5,9,16,21H,6H2,1H3,(H,15,20,22)/t9-/m0/s1. The molecule has 24 heavy (non-hydrogen) atoms. The molecule has 1 aromatic carbocycles. The highest BCUT2D eigenvalue weighted by atomic mass is 16.6. The van der Waals surface area contributed by atoms with E-state index in [-0.39, 0.29) is 29.4 Å². The zero-order valence-corrected chi connectivity index (χ0v) is 12.5. The number of aromatic hydroxyl groups is 1. The summed E-state index contributed by atoms with van der Waals surface area (Å²) in [7, 11) is 1.32. The van der Waals surface area contributed by atoms with Crippen LogP contribution in [0.5, 0.6) is 5.88 Å². The van der Waals surface area contributed by atoms with Crippen molar-refractivity contribution in [3.8, 4) is 5.88 Å². The van der Waals surface area contributed by atoms with Crippen LogP contribution in [0.3, 0.4) is 0 Å². The number of hydrogen-bond acceptors (Lipinski definition) is 7. The van der Waals surface area contributed by atoms with Crippen molar-refractivity contribution in [3.05, 3.63) is 66.3 Å². The summed E-state index contributed by atoms with van der Waals surface area (Å²) in [4.78, 5) is 35.9. The lowest BCUT2D eigenvalue weighted by atomic mass is 9.99. The topological polar surface area (TPSA) is 143 Å². The lowest BCUT2D eigenvalue weighted by Crippen LogP contribution is -2.32. The SMILES string of the molecule is Cn1c(O)c(C2=NN[C@H](c3cccc([N+](=O)[O-])c3)C2)c(=O)[nH]c1=O. The summed E-state index contributed by atoms with van der Waals surface area (Å²) >= 11 is 0. The van der Waals surface area contributed by atoms with E-state index in [2.05, 4.69) is 15.5 Å². The third-order valence-corrected chi connectivity index (χ3v) is 3.82. The second-order valence-corrected chi connectivity index (χ2v) is 5.31. The minimum absolute atomic E-state index is 0.0504. The smallest absolute Gasteiger partial charge is 0.330 e. The Hall–Kier alpha value is -3.43. The third-order valence-electron chi connectivity index (χ3n) is 3.82. The fourth-order valence-electron chi connectivity index (χ4n) is 2.51. The Morgan fingerprint density at radius 3 is 2.88 bits per heavy atom. The fourth-order valence-corrected chi connectivity index (χ4v) is 2.51. The van der Waals surface area contributed by atoms with Gasteiger partial charge in [-0.3, -0.25) is 24.5 Å². The average Bonchev–Trinajstić information content (AvgIpc) is 3.02. The molecule has 1 aliphatic heterocycles. The van der Waals surface area contributed by atoms with Crippen molar-refractivity contribution in [3.63, 3.8) is 0 Å². The Morgan fingerprint density at radius 2 is 2.17 bits per heavy atom. The van der Waals surface area contributed by atoms with Crippen molar-refractivity contribution in [2.24, 2.45) is 12.1 Å². The van der Waals surface area contributed by atoms with Gasteiger partial charge in [0.05, 0.1) is 16.7 Å². The second kappa shape index (κ2) is 5.65. The highest BCUT2D eigenvalue weighted by Gasteiger charge is 2.27. The number of rotatable bonds is 3. The zero-order chi connectivity index (χ0) is 17.4. The first-order chi connectivity index (χ1) is 11.4. The van der Waals surface area contributed by atoms with Gasteiger partial charge < -0.3 is 10.5 Å². The first-order valence-electron chi connectivity index (χ1n) is 6.97. The number of nitro benzene ring substituents is 1. The number of nitro groups is 1. The predicted octanol–water partition coefficient (Wildman–Crippen LogP) is 0.126. The summed E-state index contributed by atoms with van der Waals surface area (Å²) in [5.41, 5.74) is 2.06. The number of hydrogen-bond donors (Lipinski definition) is 3. The van der Waals surface area contributed by atoms with Crippen LogP contribution in [0.4, 0.5) is 5.69 Å². The Bertz CT molecular complexity index is 974. The molecule has 0 saturated heterocycles. The number of non-ortho nitro benzene ring substituents is 1. The van der Waals surface area contributed by atoms with E-state index in [4.69, 9.17) is 0 Å². The predicted molar refractivity (Wildman–Crippen MR) is 84.1 cm³/mol. The van der Waals surface area contributed by atoms with Crippen LogP contribution < -0.4 is 16.7 Å². The molecule has 1 aliphatic rings. The van der Waals surface area contributed by atoms with Crippen LogP contribution in [-0.4, -0.2) is 25.3 Å². The average molecular weight is 331 g/mol. The van der Waals surface area contributed by atoms with Gasteiger partial charge in [-0.1, -0.05) is 12.1 Å². The van der Waals surface area contributed by atoms with Gasteiger partial charge in [0.2, 0.25) is 5.88 Å². The van der Waals surface area contributed by atoms with E-state index in [0.717, 1.165) is 4.57 Å². The first-order valence-corrected chi connectivity index (χ1v) is 6.97. The molecule has 10 nitrogen and oxygen atoms in total. The number of benzene rings is 1. The highest BCUT2D eigenvalue weighted by Crippen LogP contribution is 2.27. The van der Waals surface area contributed by atoms with Gasteiger partial charge in [0.15, 0.2) is 0 Å². The molecule has 0 amide bonds. The molecule has 2 heterocycles. The molecule has 3 rings (SSSR count). The molecule has 1 atom stereocenters. The largest absolute Gasteiger partial charge is 0.494 e. The van der Waals surface area contributed by atoms with E-state index in [1.165, 1.54) is 19.2 Å². The molecule has 3 N–H and O–H groups in total. The normalized spacial score (nSPS) is 16.5. The number of nitrogens with zero attached hydrogens (tertiary/aromatic N) is 3. The minimum Gasteiger partial charge on any atom is -0.494 e. The molecule has 10 heteroatoms. The van der Waals surface area contributed by atoms with Crippen molar-refractivity contribution in [2.75, 3.05) is 0 Å². The van der Waals surface area contributed by atoms with E-state index in [0.29, 0.717) is 5.56 Å². The Balaban J connectivity index is 1.93. The Morgan fingerprint density at radius 1 is 1.42 bits per heavy atom. The van der Waals surface area contributed by atoms with E-state index in [9.17, 15) is 24.8 Å². The van der Waals surface area contributed by atoms with E-state index >= 15 is 0 Å². The van der Waals surface area contributed by atoms with Crippen molar-refractivity contribution < 1.29 is 10.0 Å². The van der Waals surface area contributed by atoms with Gasteiger partial charge in [-0.15, -0.1) is 0 Å². The van der Waals surface area contributed by atoms with Crippen molar-refractivity contribution in [1.29, 1.82) is 0 Å². The zero-order valence-electron chi connectivity index (χ0n) is 12.5. The van der Waals surface area contributed by atoms with Gasteiger partial charge >= 0.3 is 5.69 Å². The maximum atomic E-state index is 12.0. The minimum atomic E-state index is -0.740. The van der Waals surface area contributed by atoms with Gasteiger partial charge in [-0.25, -0.2) is 4.79 Å². The molecule has 124 valence electrons. The second-order valence-electron chi connectivity index (χ2n) is 5.31. The molecule has 0 fully saturated rings. The van der Waals surface area contributed by atoms with Crippen LogP contribution in [0.15, 0.2) is 39.0 Å². The Labute approximate surface area is 134 Å². The van der Waals surface area contributed by atoms with Crippen LogP contribution in [0.25, 0.3) is 0 Å². The summed E-state index contributed by atoms with van der Waals surface area (Å²) in [6, 6.07) is 5.68. The first kappa shape index (κ1) is 15.5. The number of aromatic nitrogens is 2. The van der Waals surface area contributed by atoms with Crippen LogP contribution in [0, 0.1) is 10.1 Å². The lowest BCUT2D eigenvalue weighted by Gasteiger charge is -2.10. The number of nitrogens with one attached hydrogen (secondary N) is 2. The van der Waals surface area contributed by atoms with Crippen LogP contribution >= 0.6 is 0 Å². The van der Waals surface area contributed by atoms with E-state index in [1.54, 1.807) is 12.1 Å². The van der Waals surface area contributed by atoms with Gasteiger partial charge in [-0.2, -0.15) is 5.10 Å². The van der Waals surface area contributed by atoms with Crippen molar-refractivity contribution in [1.82, 2.24) is 15.0 Å². The molecular formula is C14H13N5O5.